The second-order valence-electron chi connectivity index (χ2n) is 11.1. The van der Waals surface area contributed by atoms with Gasteiger partial charge in [0.1, 0.15) is 0 Å². The predicted octanol–water partition coefficient (Wildman–Crippen LogP) is 5.41. The van der Waals surface area contributed by atoms with Crippen molar-refractivity contribution in [2.24, 2.45) is 11.3 Å². The highest BCUT2D eigenvalue weighted by Crippen LogP contribution is 2.73. The van der Waals surface area contributed by atoms with Gasteiger partial charge in [-0.15, -0.1) is 0 Å². The first-order chi connectivity index (χ1) is 20.5. The van der Waals surface area contributed by atoms with E-state index >= 15 is 4.79 Å². The summed E-state index contributed by atoms with van der Waals surface area (Å²) in [6.07, 6.45) is 7.50. The highest BCUT2D eigenvalue weighted by atomic mass is 16.5. The molecular weight excluding hydrogens is 532 g/mol. The summed E-state index contributed by atoms with van der Waals surface area (Å²) in [4.78, 5) is 38.5. The number of ketones is 2. The topological polar surface area (TPSA) is 96.8 Å². The summed E-state index contributed by atoms with van der Waals surface area (Å²) in [6.45, 7) is 0. The monoisotopic (exact) mass is 562 g/mol. The first kappa shape index (κ1) is 26.2. The SMILES string of the molecule is COc1cc2c(cc1OC)C(=O)[C@@]1(C2)[C@H](c2cccnc2)[C@H]2C(=O)c3cc(OC)c(OC)cc3[C@H]2[C@H]1c1cccnc1. The molecule has 0 unspecified atom stereocenters. The van der Waals surface area contributed by atoms with Gasteiger partial charge in [-0.25, -0.2) is 0 Å². The predicted molar refractivity (Wildman–Crippen MR) is 154 cm³/mol. The van der Waals surface area contributed by atoms with Gasteiger partial charge in [0, 0.05) is 59.6 Å². The van der Waals surface area contributed by atoms with Crippen LogP contribution >= 0.6 is 0 Å². The van der Waals surface area contributed by atoms with E-state index in [2.05, 4.69) is 9.97 Å². The number of Topliss-reactive ketones (excluding diaryl/α,β-unsaturated/α-hetero) is 2. The molecule has 0 amide bonds. The Morgan fingerprint density at radius 3 is 1.76 bits per heavy atom. The van der Waals surface area contributed by atoms with Crippen LogP contribution in [-0.4, -0.2) is 50.0 Å². The fourth-order valence-corrected chi connectivity index (χ4v) is 8.06. The van der Waals surface area contributed by atoms with E-state index in [4.69, 9.17) is 18.9 Å². The number of nitrogens with zero attached hydrogens (tertiary/aromatic N) is 2. The number of pyridine rings is 2. The molecule has 7 rings (SSSR count). The summed E-state index contributed by atoms with van der Waals surface area (Å²) in [6, 6.07) is 15.1. The molecule has 2 heterocycles. The fraction of sp³-hybridized carbons (Fsp3) is 0.294. The average molecular weight is 563 g/mol. The van der Waals surface area contributed by atoms with Gasteiger partial charge >= 0.3 is 0 Å². The molecule has 0 aliphatic heterocycles. The van der Waals surface area contributed by atoms with Gasteiger partial charge < -0.3 is 18.9 Å². The molecular formula is C34H30N2O6. The Morgan fingerprint density at radius 1 is 0.690 bits per heavy atom. The van der Waals surface area contributed by atoms with Crippen molar-refractivity contribution < 1.29 is 28.5 Å². The molecule has 0 saturated heterocycles. The molecule has 5 atom stereocenters. The van der Waals surface area contributed by atoms with Crippen LogP contribution in [0.5, 0.6) is 23.0 Å². The molecule has 4 aromatic rings. The van der Waals surface area contributed by atoms with E-state index in [0.717, 1.165) is 22.3 Å². The lowest BCUT2D eigenvalue weighted by Crippen LogP contribution is -2.38. The number of hydrogen-bond acceptors (Lipinski definition) is 8. The minimum Gasteiger partial charge on any atom is -0.493 e. The van der Waals surface area contributed by atoms with Crippen molar-refractivity contribution in [1.82, 2.24) is 9.97 Å². The highest BCUT2D eigenvalue weighted by molar-refractivity contribution is 6.11. The number of carbonyl (C=O) groups is 2. The van der Waals surface area contributed by atoms with Gasteiger partial charge in [-0.1, -0.05) is 12.1 Å². The van der Waals surface area contributed by atoms with E-state index in [0.29, 0.717) is 40.5 Å². The zero-order valence-corrected chi connectivity index (χ0v) is 23.8. The molecule has 1 spiro atoms. The lowest BCUT2D eigenvalue weighted by molar-refractivity contribution is 0.0744. The number of hydrogen-bond donors (Lipinski definition) is 0. The molecule has 0 radical (unpaired) electrons. The van der Waals surface area contributed by atoms with Gasteiger partial charge in [-0.3, -0.25) is 19.6 Å². The van der Waals surface area contributed by atoms with Crippen molar-refractivity contribution in [2.75, 3.05) is 28.4 Å². The second-order valence-corrected chi connectivity index (χ2v) is 11.1. The fourth-order valence-electron chi connectivity index (χ4n) is 8.06. The number of benzene rings is 2. The molecule has 1 fully saturated rings. The zero-order valence-electron chi connectivity index (χ0n) is 23.8. The summed E-state index contributed by atoms with van der Waals surface area (Å²) < 4.78 is 22.5. The van der Waals surface area contributed by atoms with Crippen LogP contribution in [0, 0.1) is 11.3 Å². The van der Waals surface area contributed by atoms with Crippen LogP contribution in [0.25, 0.3) is 0 Å². The quantitative estimate of drug-likeness (QED) is 0.308. The van der Waals surface area contributed by atoms with E-state index in [-0.39, 0.29) is 23.4 Å². The van der Waals surface area contributed by atoms with Crippen LogP contribution in [0.15, 0.2) is 73.3 Å². The molecule has 42 heavy (non-hydrogen) atoms. The van der Waals surface area contributed by atoms with Gasteiger partial charge in [0.2, 0.25) is 0 Å². The first-order valence-corrected chi connectivity index (χ1v) is 13.9. The second kappa shape index (κ2) is 9.69. The molecule has 212 valence electrons. The third kappa shape index (κ3) is 3.41. The molecule has 8 nitrogen and oxygen atoms in total. The number of carbonyl (C=O) groups excluding carboxylic acids is 2. The molecule has 2 aromatic heterocycles. The lowest BCUT2D eigenvalue weighted by atomic mass is 9.63. The van der Waals surface area contributed by atoms with Gasteiger partial charge in [0.25, 0.3) is 0 Å². The van der Waals surface area contributed by atoms with E-state index in [1.54, 1.807) is 59.2 Å². The third-order valence-corrected chi connectivity index (χ3v) is 9.54. The molecule has 1 saturated carbocycles. The molecule has 3 aliphatic carbocycles. The van der Waals surface area contributed by atoms with Gasteiger partial charge in [-0.2, -0.15) is 0 Å². The number of methoxy groups -OCH3 is 4. The Kier molecular flexibility index (Phi) is 6.04. The van der Waals surface area contributed by atoms with Crippen molar-refractivity contribution in [3.63, 3.8) is 0 Å². The van der Waals surface area contributed by atoms with Crippen LogP contribution in [0.4, 0.5) is 0 Å². The largest absolute Gasteiger partial charge is 0.493 e. The van der Waals surface area contributed by atoms with Crippen molar-refractivity contribution in [2.45, 2.75) is 24.2 Å². The number of fused-ring (bicyclic) bond motifs is 4. The van der Waals surface area contributed by atoms with Crippen LogP contribution in [0.1, 0.15) is 60.7 Å². The van der Waals surface area contributed by atoms with Gasteiger partial charge in [0.05, 0.1) is 33.9 Å². The van der Waals surface area contributed by atoms with E-state index in [9.17, 15) is 4.79 Å². The van der Waals surface area contributed by atoms with Crippen LogP contribution in [0.2, 0.25) is 0 Å². The zero-order chi connectivity index (χ0) is 29.2. The van der Waals surface area contributed by atoms with Crippen LogP contribution in [0.3, 0.4) is 0 Å². The normalized spacial score (nSPS) is 25.2. The summed E-state index contributed by atoms with van der Waals surface area (Å²) in [7, 11) is 6.30. The molecule has 3 aliphatic rings. The van der Waals surface area contributed by atoms with Crippen molar-refractivity contribution in [1.29, 1.82) is 0 Å². The number of rotatable bonds is 6. The summed E-state index contributed by atoms with van der Waals surface area (Å²) in [5.41, 5.74) is 3.72. The number of ether oxygens (including phenoxy) is 4. The van der Waals surface area contributed by atoms with E-state index in [1.807, 2.05) is 42.6 Å². The summed E-state index contributed by atoms with van der Waals surface area (Å²) in [5, 5.41) is 0. The minimum atomic E-state index is -0.985. The molecule has 2 aromatic carbocycles. The Bertz CT molecular complexity index is 1720. The van der Waals surface area contributed by atoms with Crippen LogP contribution < -0.4 is 18.9 Å². The Balaban J connectivity index is 1.54. The smallest absolute Gasteiger partial charge is 0.171 e. The molecule has 0 bridgehead atoms. The maximum absolute atomic E-state index is 15.0. The Morgan fingerprint density at radius 2 is 1.21 bits per heavy atom. The minimum absolute atomic E-state index is 0.00510. The summed E-state index contributed by atoms with van der Waals surface area (Å²) in [5.74, 6) is 0.471. The highest BCUT2D eigenvalue weighted by Gasteiger charge is 2.70. The lowest BCUT2D eigenvalue weighted by Gasteiger charge is -2.37. The number of aromatic nitrogens is 2. The maximum atomic E-state index is 15.0. The Labute approximate surface area is 243 Å². The summed E-state index contributed by atoms with van der Waals surface area (Å²) >= 11 is 0. The van der Waals surface area contributed by atoms with Crippen molar-refractivity contribution in [3.8, 4) is 23.0 Å². The first-order valence-electron chi connectivity index (χ1n) is 13.9. The molecule has 0 N–H and O–H groups in total. The van der Waals surface area contributed by atoms with Gasteiger partial charge in [-0.05, 0) is 65.1 Å². The van der Waals surface area contributed by atoms with Crippen LogP contribution in [-0.2, 0) is 6.42 Å². The van der Waals surface area contributed by atoms with E-state index in [1.165, 1.54) is 0 Å². The van der Waals surface area contributed by atoms with Gasteiger partial charge in [0.15, 0.2) is 34.6 Å². The Hall–Kier alpha value is -4.72. The average Bonchev–Trinajstić information content (AvgIpc) is 3.60. The maximum Gasteiger partial charge on any atom is 0.171 e. The molecule has 8 heteroatoms. The third-order valence-electron chi connectivity index (χ3n) is 9.54. The standard InChI is InChI=1S/C34H30N2O6/c1-39-24-11-20-15-34(33(38)21(20)12-25(24)40-2)30(18-7-5-9-35-16-18)28-22-13-26(41-3)27(42-4)14-23(22)32(37)29(28)31(34)19-8-6-10-36-17-19/h5-14,16-17,28-31H,15H2,1-4H3/t28-,29+,30-,31-,34-/m1/s1. The van der Waals surface area contributed by atoms with E-state index < -0.39 is 17.3 Å². The van der Waals surface area contributed by atoms with Crippen molar-refractivity contribution in [3.05, 3.63) is 107 Å². The van der Waals surface area contributed by atoms with Crippen molar-refractivity contribution >= 4 is 11.6 Å².